The molecule has 0 fully saturated rings. The van der Waals surface area contributed by atoms with Crippen LogP contribution in [0.25, 0.3) is 10.2 Å². The predicted octanol–water partition coefficient (Wildman–Crippen LogP) is 3.67. The topological polar surface area (TPSA) is 68.0 Å². The number of amides is 1. The molecule has 0 saturated heterocycles. The Hall–Kier alpha value is -2.24. The van der Waals surface area contributed by atoms with Crippen molar-refractivity contribution in [3.05, 3.63) is 58.1 Å². The number of anilines is 1. The highest BCUT2D eigenvalue weighted by atomic mass is 32.1. The lowest BCUT2D eigenvalue weighted by molar-refractivity contribution is 0.103. The number of fused-ring (bicyclic) bond motifs is 1. The van der Waals surface area contributed by atoms with E-state index in [4.69, 9.17) is 5.73 Å². The molecule has 1 amide bonds. The quantitative estimate of drug-likeness (QED) is 0.769. The molecular weight excluding hydrogens is 306 g/mol. The third-order valence-electron chi connectivity index (χ3n) is 3.68. The summed E-state index contributed by atoms with van der Waals surface area (Å²) < 4.78 is 0. The fraction of sp³-hybridized carbons (Fsp3) is 0.222. The van der Waals surface area contributed by atoms with Crippen molar-refractivity contribution in [3.8, 4) is 0 Å². The first-order chi connectivity index (χ1) is 11.1. The molecule has 0 spiro atoms. The second-order valence-electron chi connectivity index (χ2n) is 5.60. The number of pyridine rings is 1. The molecule has 1 aromatic carbocycles. The van der Waals surface area contributed by atoms with Gasteiger partial charge in [0.15, 0.2) is 0 Å². The number of carbonyl (C=O) groups excluding carboxylic acids is 1. The van der Waals surface area contributed by atoms with Crippen molar-refractivity contribution in [2.45, 2.75) is 20.3 Å². The molecule has 0 aliphatic heterocycles. The van der Waals surface area contributed by atoms with E-state index in [0.717, 1.165) is 39.1 Å². The first-order valence-electron chi connectivity index (χ1n) is 7.55. The molecule has 118 valence electrons. The minimum atomic E-state index is -0.102. The van der Waals surface area contributed by atoms with E-state index in [9.17, 15) is 4.79 Å². The van der Waals surface area contributed by atoms with Gasteiger partial charge in [-0.25, -0.2) is 4.98 Å². The summed E-state index contributed by atoms with van der Waals surface area (Å²) in [6, 6.07) is 11.7. The van der Waals surface area contributed by atoms with Gasteiger partial charge in [-0.3, -0.25) is 4.79 Å². The Labute approximate surface area is 139 Å². The third kappa shape index (κ3) is 3.41. The van der Waals surface area contributed by atoms with Crippen molar-refractivity contribution < 1.29 is 4.79 Å². The van der Waals surface area contributed by atoms with Crippen LogP contribution < -0.4 is 11.1 Å². The highest BCUT2D eigenvalue weighted by molar-refractivity contribution is 7.20. The van der Waals surface area contributed by atoms with Gasteiger partial charge in [0.1, 0.15) is 4.83 Å². The molecule has 3 rings (SSSR count). The Kier molecular flexibility index (Phi) is 4.41. The average molecular weight is 325 g/mol. The van der Waals surface area contributed by atoms with Crippen LogP contribution in [0.4, 0.5) is 5.69 Å². The fourth-order valence-electron chi connectivity index (χ4n) is 2.61. The van der Waals surface area contributed by atoms with Crippen molar-refractivity contribution in [1.82, 2.24) is 4.98 Å². The standard InChI is InChI=1S/C18H19N3OS/c1-11-8-12(2)20-18-15(11)10-16(23-18)17(22)21-14-5-3-4-13(9-14)6-7-19/h3-5,8-10H,6-7,19H2,1-2H3,(H,21,22). The summed E-state index contributed by atoms with van der Waals surface area (Å²) in [4.78, 5) is 18.6. The third-order valence-corrected chi connectivity index (χ3v) is 4.71. The number of rotatable bonds is 4. The van der Waals surface area contributed by atoms with Crippen LogP contribution in [-0.4, -0.2) is 17.4 Å². The summed E-state index contributed by atoms with van der Waals surface area (Å²) in [6.45, 7) is 4.61. The van der Waals surface area contributed by atoms with Gasteiger partial charge in [0.2, 0.25) is 0 Å². The number of nitrogens with zero attached hydrogens (tertiary/aromatic N) is 1. The second kappa shape index (κ2) is 6.48. The molecule has 23 heavy (non-hydrogen) atoms. The minimum absolute atomic E-state index is 0.102. The van der Waals surface area contributed by atoms with Gasteiger partial charge in [-0.15, -0.1) is 11.3 Å². The molecule has 0 aliphatic carbocycles. The summed E-state index contributed by atoms with van der Waals surface area (Å²) in [5.41, 5.74) is 9.61. The van der Waals surface area contributed by atoms with E-state index in [2.05, 4.69) is 10.3 Å². The van der Waals surface area contributed by atoms with Crippen LogP contribution in [0.3, 0.4) is 0 Å². The predicted molar refractivity (Wildman–Crippen MR) is 96.2 cm³/mol. The van der Waals surface area contributed by atoms with Gasteiger partial charge in [0, 0.05) is 16.8 Å². The molecule has 2 heterocycles. The van der Waals surface area contributed by atoms with Crippen LogP contribution >= 0.6 is 11.3 Å². The maximum absolute atomic E-state index is 12.5. The zero-order valence-electron chi connectivity index (χ0n) is 13.2. The van der Waals surface area contributed by atoms with Gasteiger partial charge in [0.05, 0.1) is 4.88 Å². The van der Waals surface area contributed by atoms with Gasteiger partial charge in [-0.05, 0) is 62.2 Å². The zero-order chi connectivity index (χ0) is 16.4. The zero-order valence-corrected chi connectivity index (χ0v) is 14.0. The number of nitrogens with one attached hydrogen (secondary N) is 1. The Morgan fingerprint density at radius 3 is 2.87 bits per heavy atom. The highest BCUT2D eigenvalue weighted by Crippen LogP contribution is 2.28. The molecule has 2 aromatic heterocycles. The fourth-order valence-corrected chi connectivity index (χ4v) is 3.65. The van der Waals surface area contributed by atoms with Crippen LogP contribution in [0.15, 0.2) is 36.4 Å². The van der Waals surface area contributed by atoms with Crippen LogP contribution in [0.2, 0.25) is 0 Å². The molecule has 0 bridgehead atoms. The van der Waals surface area contributed by atoms with Crippen molar-refractivity contribution in [1.29, 1.82) is 0 Å². The van der Waals surface area contributed by atoms with E-state index >= 15 is 0 Å². The van der Waals surface area contributed by atoms with Crippen molar-refractivity contribution in [2.75, 3.05) is 11.9 Å². The molecule has 5 heteroatoms. The SMILES string of the molecule is Cc1cc(C)c2cc(C(=O)Nc3cccc(CCN)c3)sc2n1. The summed E-state index contributed by atoms with van der Waals surface area (Å²) in [5, 5.41) is 4.00. The molecule has 4 nitrogen and oxygen atoms in total. The van der Waals surface area contributed by atoms with Gasteiger partial charge >= 0.3 is 0 Å². The Morgan fingerprint density at radius 1 is 1.26 bits per heavy atom. The molecular formula is C18H19N3OS. The maximum Gasteiger partial charge on any atom is 0.265 e. The number of benzene rings is 1. The van der Waals surface area contributed by atoms with Crippen molar-refractivity contribution >= 4 is 33.1 Å². The van der Waals surface area contributed by atoms with Crippen molar-refractivity contribution in [2.24, 2.45) is 5.73 Å². The van der Waals surface area contributed by atoms with Gasteiger partial charge in [0.25, 0.3) is 5.91 Å². The first-order valence-corrected chi connectivity index (χ1v) is 8.36. The lowest BCUT2D eigenvalue weighted by Gasteiger charge is -2.05. The molecule has 0 aliphatic rings. The van der Waals surface area contributed by atoms with Gasteiger partial charge in [-0.1, -0.05) is 12.1 Å². The van der Waals surface area contributed by atoms with E-state index in [1.54, 1.807) is 0 Å². The van der Waals surface area contributed by atoms with Crippen LogP contribution in [0.5, 0.6) is 0 Å². The summed E-state index contributed by atoms with van der Waals surface area (Å²) in [5.74, 6) is -0.102. The molecule has 0 atom stereocenters. The van der Waals surface area contributed by atoms with Gasteiger partial charge in [-0.2, -0.15) is 0 Å². The highest BCUT2D eigenvalue weighted by Gasteiger charge is 2.13. The number of aromatic nitrogens is 1. The number of nitrogens with two attached hydrogens (primary N) is 1. The second-order valence-corrected chi connectivity index (χ2v) is 6.63. The van der Waals surface area contributed by atoms with E-state index in [0.29, 0.717) is 11.4 Å². The summed E-state index contributed by atoms with van der Waals surface area (Å²) >= 11 is 1.42. The smallest absolute Gasteiger partial charge is 0.265 e. The van der Waals surface area contributed by atoms with E-state index in [1.165, 1.54) is 11.3 Å². The van der Waals surface area contributed by atoms with E-state index in [1.807, 2.05) is 50.2 Å². The first kappa shape index (κ1) is 15.6. The summed E-state index contributed by atoms with van der Waals surface area (Å²) in [6.07, 6.45) is 0.801. The molecule has 0 unspecified atom stereocenters. The number of carbonyl (C=O) groups is 1. The monoisotopic (exact) mass is 325 g/mol. The minimum Gasteiger partial charge on any atom is -0.330 e. The largest absolute Gasteiger partial charge is 0.330 e. The van der Waals surface area contributed by atoms with Crippen LogP contribution in [0.1, 0.15) is 26.5 Å². The number of hydrogen-bond acceptors (Lipinski definition) is 4. The van der Waals surface area contributed by atoms with Crippen LogP contribution in [0, 0.1) is 13.8 Å². The molecule has 0 radical (unpaired) electrons. The van der Waals surface area contributed by atoms with E-state index < -0.39 is 0 Å². The maximum atomic E-state index is 12.5. The average Bonchev–Trinajstić information content (AvgIpc) is 2.92. The molecule has 3 N–H and O–H groups in total. The van der Waals surface area contributed by atoms with Gasteiger partial charge < -0.3 is 11.1 Å². The lowest BCUT2D eigenvalue weighted by Crippen LogP contribution is -2.10. The van der Waals surface area contributed by atoms with E-state index in [-0.39, 0.29) is 5.91 Å². The summed E-state index contributed by atoms with van der Waals surface area (Å²) in [7, 11) is 0. The Morgan fingerprint density at radius 2 is 2.09 bits per heavy atom. The Bertz CT molecular complexity index is 870. The molecule has 3 aromatic rings. The normalized spacial score (nSPS) is 10.9. The number of hydrogen-bond donors (Lipinski definition) is 2. The lowest BCUT2D eigenvalue weighted by atomic mass is 10.1. The Balaban J connectivity index is 1.86. The molecule has 0 saturated carbocycles. The number of thiophene rings is 1. The van der Waals surface area contributed by atoms with Crippen molar-refractivity contribution in [3.63, 3.8) is 0 Å². The number of aryl methyl sites for hydroxylation is 2. The van der Waals surface area contributed by atoms with Crippen LogP contribution in [-0.2, 0) is 6.42 Å².